The van der Waals surface area contributed by atoms with E-state index in [0.717, 1.165) is 32.4 Å². The Morgan fingerprint density at radius 2 is 2.36 bits per heavy atom. The van der Waals surface area contributed by atoms with Crippen molar-refractivity contribution in [1.29, 1.82) is 0 Å². The average Bonchev–Trinajstić information content (AvgIpc) is 2.70. The van der Waals surface area contributed by atoms with Crippen LogP contribution in [0.4, 0.5) is 0 Å². The van der Waals surface area contributed by atoms with Crippen LogP contribution in [0.5, 0.6) is 0 Å². The molecule has 4 nitrogen and oxygen atoms in total. The summed E-state index contributed by atoms with van der Waals surface area (Å²) in [7, 11) is 0. The second-order valence-corrected chi connectivity index (χ2v) is 4.12. The Morgan fingerprint density at radius 3 is 3.00 bits per heavy atom. The molecular weight excluding hydrogens is 180 g/mol. The lowest BCUT2D eigenvalue weighted by molar-refractivity contribution is -0.175. The Bertz CT molecular complexity index is 214. The van der Waals surface area contributed by atoms with Crippen molar-refractivity contribution in [3.63, 3.8) is 0 Å². The molecule has 0 aliphatic carbocycles. The van der Waals surface area contributed by atoms with Crippen molar-refractivity contribution < 1.29 is 9.63 Å². The lowest BCUT2D eigenvalue weighted by Gasteiger charge is -2.31. The van der Waals surface area contributed by atoms with E-state index in [-0.39, 0.29) is 11.8 Å². The van der Waals surface area contributed by atoms with E-state index in [1.165, 1.54) is 0 Å². The molecule has 0 saturated carbocycles. The molecule has 2 aliphatic heterocycles. The minimum Gasteiger partial charge on any atom is -0.313 e. The molecule has 2 aliphatic rings. The summed E-state index contributed by atoms with van der Waals surface area (Å²) in [6.45, 7) is 4.58. The van der Waals surface area contributed by atoms with Gasteiger partial charge in [0.2, 0.25) is 0 Å². The molecule has 2 saturated heterocycles. The van der Waals surface area contributed by atoms with Gasteiger partial charge >= 0.3 is 0 Å². The van der Waals surface area contributed by atoms with Gasteiger partial charge in [0.25, 0.3) is 5.91 Å². The van der Waals surface area contributed by atoms with Crippen molar-refractivity contribution in [2.45, 2.75) is 32.2 Å². The van der Waals surface area contributed by atoms with Crippen LogP contribution in [0.3, 0.4) is 0 Å². The van der Waals surface area contributed by atoms with E-state index in [0.29, 0.717) is 12.6 Å². The highest BCUT2D eigenvalue weighted by molar-refractivity contribution is 5.78. The molecule has 14 heavy (non-hydrogen) atoms. The predicted molar refractivity (Wildman–Crippen MR) is 52.5 cm³/mol. The van der Waals surface area contributed by atoms with Crippen molar-refractivity contribution in [3.05, 3.63) is 0 Å². The van der Waals surface area contributed by atoms with Crippen molar-refractivity contribution >= 4 is 5.91 Å². The Balaban J connectivity index is 1.94. The van der Waals surface area contributed by atoms with Crippen LogP contribution in [0, 0.1) is 5.92 Å². The number of carbonyl (C=O) groups is 1. The molecule has 1 amide bonds. The summed E-state index contributed by atoms with van der Waals surface area (Å²) >= 11 is 0. The molecule has 2 atom stereocenters. The molecule has 2 rings (SSSR count). The number of hydrogen-bond acceptors (Lipinski definition) is 3. The average molecular weight is 198 g/mol. The molecule has 2 fully saturated rings. The van der Waals surface area contributed by atoms with Gasteiger partial charge in [-0.3, -0.25) is 9.63 Å². The predicted octanol–water partition coefficient (Wildman–Crippen LogP) is 0.538. The third kappa shape index (κ3) is 1.91. The van der Waals surface area contributed by atoms with Gasteiger partial charge in [-0.05, 0) is 32.7 Å². The first-order chi connectivity index (χ1) is 6.79. The van der Waals surface area contributed by atoms with E-state index in [1.54, 1.807) is 5.06 Å². The van der Waals surface area contributed by atoms with Crippen molar-refractivity contribution in [1.82, 2.24) is 10.4 Å². The number of nitrogens with zero attached hydrogens (tertiary/aromatic N) is 1. The number of carbonyl (C=O) groups excluding carboxylic acids is 1. The fourth-order valence-corrected chi connectivity index (χ4v) is 2.19. The molecule has 2 heterocycles. The molecule has 4 heteroatoms. The van der Waals surface area contributed by atoms with Crippen LogP contribution in [0.2, 0.25) is 0 Å². The van der Waals surface area contributed by atoms with E-state index in [9.17, 15) is 4.79 Å². The molecular formula is C10H18N2O2. The summed E-state index contributed by atoms with van der Waals surface area (Å²) in [6.07, 6.45) is 3.06. The van der Waals surface area contributed by atoms with Gasteiger partial charge in [0.05, 0.1) is 19.1 Å². The second-order valence-electron chi connectivity index (χ2n) is 4.12. The third-order valence-electron chi connectivity index (χ3n) is 3.08. The zero-order valence-electron chi connectivity index (χ0n) is 8.66. The molecule has 0 aromatic carbocycles. The van der Waals surface area contributed by atoms with Crippen LogP contribution >= 0.6 is 0 Å². The first-order valence-corrected chi connectivity index (χ1v) is 5.47. The van der Waals surface area contributed by atoms with Crippen LogP contribution in [0.25, 0.3) is 0 Å². The van der Waals surface area contributed by atoms with Crippen LogP contribution in [0.1, 0.15) is 26.2 Å². The van der Waals surface area contributed by atoms with E-state index in [4.69, 9.17) is 4.84 Å². The summed E-state index contributed by atoms with van der Waals surface area (Å²) in [5.41, 5.74) is 0. The van der Waals surface area contributed by atoms with Gasteiger partial charge in [-0.2, -0.15) is 0 Å². The molecule has 0 aromatic rings. The van der Waals surface area contributed by atoms with Gasteiger partial charge in [0, 0.05) is 6.04 Å². The smallest absolute Gasteiger partial charge is 0.250 e. The fourth-order valence-electron chi connectivity index (χ4n) is 2.19. The highest BCUT2D eigenvalue weighted by atomic mass is 16.7. The van der Waals surface area contributed by atoms with Crippen LogP contribution < -0.4 is 5.32 Å². The molecule has 0 bridgehead atoms. The van der Waals surface area contributed by atoms with E-state index in [2.05, 4.69) is 12.2 Å². The topological polar surface area (TPSA) is 41.6 Å². The number of rotatable bonds is 1. The summed E-state index contributed by atoms with van der Waals surface area (Å²) < 4.78 is 0. The SMILES string of the molecule is CC1NCCCC1C(=O)N1CCCO1. The van der Waals surface area contributed by atoms with Gasteiger partial charge < -0.3 is 5.32 Å². The van der Waals surface area contributed by atoms with Crippen LogP contribution in [0.15, 0.2) is 0 Å². The molecule has 0 aromatic heterocycles. The fraction of sp³-hybridized carbons (Fsp3) is 0.900. The lowest BCUT2D eigenvalue weighted by atomic mass is 9.91. The Kier molecular flexibility index (Phi) is 3.03. The first-order valence-electron chi connectivity index (χ1n) is 5.47. The number of hydrogen-bond donors (Lipinski definition) is 1. The minimum absolute atomic E-state index is 0.113. The molecule has 1 N–H and O–H groups in total. The number of nitrogens with one attached hydrogen (secondary N) is 1. The summed E-state index contributed by atoms with van der Waals surface area (Å²) in [5, 5.41) is 4.88. The lowest BCUT2D eigenvalue weighted by Crippen LogP contribution is -2.47. The third-order valence-corrected chi connectivity index (χ3v) is 3.08. The van der Waals surface area contributed by atoms with Crippen LogP contribution in [-0.4, -0.2) is 36.7 Å². The first kappa shape index (κ1) is 9.93. The Labute approximate surface area is 84.6 Å². The van der Waals surface area contributed by atoms with E-state index in [1.807, 2.05) is 0 Å². The molecule has 80 valence electrons. The Morgan fingerprint density at radius 1 is 1.50 bits per heavy atom. The van der Waals surface area contributed by atoms with E-state index < -0.39 is 0 Å². The van der Waals surface area contributed by atoms with Crippen molar-refractivity contribution in [3.8, 4) is 0 Å². The largest absolute Gasteiger partial charge is 0.313 e. The highest BCUT2D eigenvalue weighted by Gasteiger charge is 2.32. The number of amides is 1. The maximum Gasteiger partial charge on any atom is 0.250 e. The molecule has 0 spiro atoms. The maximum atomic E-state index is 12.0. The highest BCUT2D eigenvalue weighted by Crippen LogP contribution is 2.20. The van der Waals surface area contributed by atoms with Gasteiger partial charge in [0.1, 0.15) is 0 Å². The van der Waals surface area contributed by atoms with Gasteiger partial charge in [-0.15, -0.1) is 0 Å². The van der Waals surface area contributed by atoms with Gasteiger partial charge in [-0.1, -0.05) is 0 Å². The molecule has 2 unspecified atom stereocenters. The second kappa shape index (κ2) is 4.28. The standard InChI is InChI=1S/C10H18N2O2/c1-8-9(4-2-5-11-8)10(13)12-6-3-7-14-12/h8-9,11H,2-7H2,1H3. The Hall–Kier alpha value is -0.610. The number of piperidine rings is 1. The monoisotopic (exact) mass is 198 g/mol. The summed E-state index contributed by atoms with van der Waals surface area (Å²) in [5.74, 6) is 0.282. The zero-order valence-corrected chi connectivity index (χ0v) is 8.66. The minimum atomic E-state index is 0.113. The van der Waals surface area contributed by atoms with Crippen molar-refractivity contribution in [2.75, 3.05) is 19.7 Å². The van der Waals surface area contributed by atoms with Gasteiger partial charge in [-0.25, -0.2) is 5.06 Å². The van der Waals surface area contributed by atoms with Crippen LogP contribution in [-0.2, 0) is 9.63 Å². The van der Waals surface area contributed by atoms with Gasteiger partial charge in [0.15, 0.2) is 0 Å². The summed E-state index contributed by atoms with van der Waals surface area (Å²) in [6, 6.07) is 0.292. The normalized spacial score (nSPS) is 33.4. The zero-order chi connectivity index (χ0) is 9.97. The maximum absolute atomic E-state index is 12.0. The van der Waals surface area contributed by atoms with Crippen molar-refractivity contribution in [2.24, 2.45) is 5.92 Å². The quantitative estimate of drug-likeness (QED) is 0.668. The van der Waals surface area contributed by atoms with E-state index >= 15 is 0 Å². The molecule has 0 radical (unpaired) electrons. The number of hydroxylamine groups is 2. The summed E-state index contributed by atoms with van der Waals surface area (Å²) in [4.78, 5) is 17.2.